The summed E-state index contributed by atoms with van der Waals surface area (Å²) in [5.74, 6) is 0.292. The Hall–Kier alpha value is -3.32. The zero-order chi connectivity index (χ0) is 20.3. The molecule has 0 aliphatic heterocycles. The van der Waals surface area contributed by atoms with Crippen molar-refractivity contribution in [3.63, 3.8) is 0 Å². The zero-order valence-electron chi connectivity index (χ0n) is 15.2. The first kappa shape index (κ1) is 19.4. The van der Waals surface area contributed by atoms with Crippen LogP contribution in [0.2, 0.25) is 5.02 Å². The van der Waals surface area contributed by atoms with Crippen LogP contribution in [0.25, 0.3) is 0 Å². The lowest BCUT2D eigenvalue weighted by atomic mass is 10.1. The molecule has 1 aromatic heterocycles. The average molecular weight is 401 g/mol. The number of nitro benzene ring substituents is 1. The quantitative estimate of drug-likeness (QED) is 0.448. The third-order valence-corrected chi connectivity index (χ3v) is 4.33. The summed E-state index contributed by atoms with van der Waals surface area (Å²) >= 11 is 6.00. The minimum Gasteiger partial charge on any atom is -0.484 e. The van der Waals surface area contributed by atoms with E-state index in [1.807, 2.05) is 32.0 Å². The van der Waals surface area contributed by atoms with Gasteiger partial charge in [0.1, 0.15) is 18.1 Å². The second kappa shape index (κ2) is 8.14. The summed E-state index contributed by atoms with van der Waals surface area (Å²) in [5.41, 5.74) is 2.55. The molecule has 0 radical (unpaired) electrons. The number of aryl methyl sites for hydroxylation is 2. The molecule has 0 saturated heterocycles. The molecule has 28 heavy (non-hydrogen) atoms. The largest absolute Gasteiger partial charge is 0.484 e. The number of amides is 1. The highest BCUT2D eigenvalue weighted by Gasteiger charge is 2.15. The smallest absolute Gasteiger partial charge is 0.291 e. The van der Waals surface area contributed by atoms with Crippen molar-refractivity contribution in [1.29, 1.82) is 0 Å². The van der Waals surface area contributed by atoms with E-state index in [0.29, 0.717) is 11.4 Å². The Labute approximate surface area is 166 Å². The Morgan fingerprint density at radius 1 is 1.18 bits per heavy atom. The van der Waals surface area contributed by atoms with Crippen LogP contribution in [0.4, 0.5) is 11.4 Å². The zero-order valence-corrected chi connectivity index (χ0v) is 15.9. The molecule has 0 atom stereocenters. The number of carbonyl (C=O) groups is 1. The SMILES string of the molecule is Cc1ccc(C)c(NC(=O)c2ccc(COc3cc([N+](=O)[O-])ccc3Cl)o2)c1. The molecule has 0 saturated carbocycles. The van der Waals surface area contributed by atoms with Gasteiger partial charge < -0.3 is 14.5 Å². The predicted octanol–water partition coefficient (Wildman–Crippen LogP) is 5.29. The molecule has 0 unspecified atom stereocenters. The van der Waals surface area contributed by atoms with Gasteiger partial charge in [-0.2, -0.15) is 0 Å². The number of nitrogens with zero attached hydrogens (tertiary/aromatic N) is 1. The van der Waals surface area contributed by atoms with Crippen molar-refractivity contribution in [2.24, 2.45) is 0 Å². The maximum Gasteiger partial charge on any atom is 0.291 e. The summed E-state index contributed by atoms with van der Waals surface area (Å²) < 4.78 is 11.0. The molecule has 7 nitrogen and oxygen atoms in total. The van der Waals surface area contributed by atoms with Gasteiger partial charge in [0.25, 0.3) is 11.6 Å². The van der Waals surface area contributed by atoms with Crippen LogP contribution in [-0.2, 0) is 6.61 Å². The molecule has 1 amide bonds. The van der Waals surface area contributed by atoms with E-state index in [1.165, 1.54) is 24.3 Å². The van der Waals surface area contributed by atoms with Gasteiger partial charge in [-0.1, -0.05) is 23.7 Å². The molecule has 0 fully saturated rings. The van der Waals surface area contributed by atoms with Gasteiger partial charge in [-0.05, 0) is 49.2 Å². The number of carbonyl (C=O) groups excluding carboxylic acids is 1. The second-order valence-electron chi connectivity index (χ2n) is 6.20. The number of hydrogen-bond donors (Lipinski definition) is 1. The molecular weight excluding hydrogens is 384 g/mol. The van der Waals surface area contributed by atoms with Crippen molar-refractivity contribution in [2.75, 3.05) is 5.32 Å². The first-order chi connectivity index (χ1) is 13.3. The van der Waals surface area contributed by atoms with Gasteiger partial charge in [0, 0.05) is 11.8 Å². The second-order valence-corrected chi connectivity index (χ2v) is 6.61. The van der Waals surface area contributed by atoms with Crippen LogP contribution in [0.1, 0.15) is 27.4 Å². The highest BCUT2D eigenvalue weighted by molar-refractivity contribution is 6.32. The van der Waals surface area contributed by atoms with Gasteiger partial charge in [-0.3, -0.25) is 14.9 Å². The number of nitro groups is 1. The Morgan fingerprint density at radius 3 is 2.71 bits per heavy atom. The van der Waals surface area contributed by atoms with Gasteiger partial charge >= 0.3 is 0 Å². The maximum absolute atomic E-state index is 12.4. The summed E-state index contributed by atoms with van der Waals surface area (Å²) in [6.07, 6.45) is 0. The van der Waals surface area contributed by atoms with Gasteiger partial charge in [0.15, 0.2) is 5.76 Å². The van der Waals surface area contributed by atoms with E-state index >= 15 is 0 Å². The minimum atomic E-state index is -0.536. The monoisotopic (exact) mass is 400 g/mol. The first-order valence-corrected chi connectivity index (χ1v) is 8.75. The van der Waals surface area contributed by atoms with Gasteiger partial charge in [-0.15, -0.1) is 0 Å². The fourth-order valence-corrected chi connectivity index (χ4v) is 2.67. The summed E-state index contributed by atoms with van der Waals surface area (Å²) in [4.78, 5) is 22.7. The highest BCUT2D eigenvalue weighted by Crippen LogP contribution is 2.29. The summed E-state index contributed by atoms with van der Waals surface area (Å²) in [6, 6.07) is 12.8. The number of anilines is 1. The van der Waals surface area contributed by atoms with Crippen molar-refractivity contribution in [2.45, 2.75) is 20.5 Å². The molecule has 2 aromatic carbocycles. The fourth-order valence-electron chi connectivity index (χ4n) is 2.50. The number of furan rings is 1. The normalized spacial score (nSPS) is 10.5. The molecule has 3 rings (SSSR count). The van der Waals surface area contributed by atoms with Gasteiger partial charge in [0.05, 0.1) is 16.0 Å². The molecule has 0 aliphatic rings. The van der Waals surface area contributed by atoms with Crippen molar-refractivity contribution in [3.05, 3.63) is 86.3 Å². The van der Waals surface area contributed by atoms with Crippen LogP contribution in [0.3, 0.4) is 0 Å². The number of hydrogen-bond acceptors (Lipinski definition) is 5. The molecule has 0 bridgehead atoms. The molecule has 3 aromatic rings. The molecule has 1 N–H and O–H groups in total. The predicted molar refractivity (Wildman–Crippen MR) is 105 cm³/mol. The highest BCUT2D eigenvalue weighted by atomic mass is 35.5. The molecule has 0 spiro atoms. The van der Waals surface area contributed by atoms with Crippen LogP contribution in [0, 0.1) is 24.0 Å². The molecule has 144 valence electrons. The van der Waals surface area contributed by atoms with Crippen molar-refractivity contribution in [3.8, 4) is 5.75 Å². The number of ether oxygens (including phenoxy) is 1. The van der Waals surface area contributed by atoms with Crippen molar-refractivity contribution < 1.29 is 18.9 Å². The lowest BCUT2D eigenvalue weighted by Crippen LogP contribution is -2.12. The van der Waals surface area contributed by atoms with Crippen LogP contribution in [0.5, 0.6) is 5.75 Å². The van der Waals surface area contributed by atoms with E-state index < -0.39 is 4.92 Å². The Balaban J connectivity index is 1.67. The average Bonchev–Trinajstić information content (AvgIpc) is 3.13. The maximum atomic E-state index is 12.4. The van der Waals surface area contributed by atoms with E-state index in [1.54, 1.807) is 6.07 Å². The van der Waals surface area contributed by atoms with E-state index in [-0.39, 0.29) is 34.7 Å². The van der Waals surface area contributed by atoms with Crippen molar-refractivity contribution >= 4 is 28.9 Å². The van der Waals surface area contributed by atoms with Crippen LogP contribution < -0.4 is 10.1 Å². The standard InChI is InChI=1S/C20H17ClN2O5/c1-12-3-4-13(2)17(9-12)22-20(24)18-8-6-15(28-18)11-27-19-10-14(23(25)26)5-7-16(19)21/h3-10H,11H2,1-2H3,(H,22,24). The number of rotatable bonds is 6. The third kappa shape index (κ3) is 4.50. The lowest BCUT2D eigenvalue weighted by Gasteiger charge is -2.08. The summed E-state index contributed by atoms with van der Waals surface area (Å²) in [5, 5.41) is 13.9. The van der Waals surface area contributed by atoms with Crippen LogP contribution >= 0.6 is 11.6 Å². The third-order valence-electron chi connectivity index (χ3n) is 4.02. The Kier molecular flexibility index (Phi) is 5.65. The van der Waals surface area contributed by atoms with E-state index in [9.17, 15) is 14.9 Å². The molecule has 1 heterocycles. The Bertz CT molecular complexity index is 1040. The minimum absolute atomic E-state index is 0.0301. The number of benzene rings is 2. The number of nitrogens with one attached hydrogen (secondary N) is 1. The molecular formula is C20H17ClN2O5. The van der Waals surface area contributed by atoms with Crippen molar-refractivity contribution in [1.82, 2.24) is 0 Å². The van der Waals surface area contributed by atoms with E-state index in [0.717, 1.165) is 11.1 Å². The number of halogens is 1. The lowest BCUT2D eigenvalue weighted by molar-refractivity contribution is -0.384. The van der Waals surface area contributed by atoms with E-state index in [4.69, 9.17) is 20.8 Å². The first-order valence-electron chi connectivity index (χ1n) is 8.37. The fraction of sp³-hybridized carbons (Fsp3) is 0.150. The van der Waals surface area contributed by atoms with E-state index in [2.05, 4.69) is 5.32 Å². The topological polar surface area (TPSA) is 94.6 Å². The number of non-ortho nitro benzene ring substituents is 1. The molecule has 0 aliphatic carbocycles. The van der Waals surface area contributed by atoms with Gasteiger partial charge in [-0.25, -0.2) is 0 Å². The van der Waals surface area contributed by atoms with Gasteiger partial charge in [0.2, 0.25) is 0 Å². The summed E-state index contributed by atoms with van der Waals surface area (Å²) in [6.45, 7) is 3.81. The van der Waals surface area contributed by atoms with Crippen LogP contribution in [0.15, 0.2) is 52.9 Å². The molecule has 8 heteroatoms. The summed E-state index contributed by atoms with van der Waals surface area (Å²) in [7, 11) is 0. The Morgan fingerprint density at radius 2 is 1.96 bits per heavy atom. The van der Waals surface area contributed by atoms with Crippen LogP contribution in [-0.4, -0.2) is 10.8 Å².